The van der Waals surface area contributed by atoms with Gasteiger partial charge in [-0.05, 0) is 44.2 Å². The Kier molecular flexibility index (Phi) is 3.07. The predicted octanol–water partition coefficient (Wildman–Crippen LogP) is 2.68. The molecule has 1 aliphatic carbocycles. The minimum absolute atomic E-state index is 0.444. The van der Waals surface area contributed by atoms with E-state index in [1.807, 2.05) is 12.1 Å². The second-order valence-corrected chi connectivity index (χ2v) is 6.07. The van der Waals surface area contributed by atoms with Crippen LogP contribution in [-0.2, 0) is 5.41 Å². The highest BCUT2D eigenvalue weighted by molar-refractivity contribution is 5.56. The lowest BCUT2D eigenvalue weighted by molar-refractivity contribution is 0.232. The lowest BCUT2D eigenvalue weighted by Gasteiger charge is -2.30. The molecule has 0 atom stereocenters. The fourth-order valence-electron chi connectivity index (χ4n) is 3.09. The van der Waals surface area contributed by atoms with Crippen LogP contribution in [0.15, 0.2) is 22.9 Å². The maximum atomic E-state index is 9.33. The molecule has 0 aromatic carbocycles. The van der Waals surface area contributed by atoms with Crippen molar-refractivity contribution in [1.82, 2.24) is 15.1 Å². The molecule has 2 fully saturated rings. The van der Waals surface area contributed by atoms with Crippen molar-refractivity contribution in [2.24, 2.45) is 0 Å². The first-order valence-electron chi connectivity index (χ1n) is 7.78. The van der Waals surface area contributed by atoms with Crippen LogP contribution >= 0.6 is 0 Å². The van der Waals surface area contributed by atoms with E-state index in [1.165, 1.54) is 12.8 Å². The van der Waals surface area contributed by atoms with Gasteiger partial charge in [0.15, 0.2) is 0 Å². The van der Waals surface area contributed by atoms with E-state index in [-0.39, 0.29) is 0 Å². The molecule has 0 bridgehead atoms. The van der Waals surface area contributed by atoms with Crippen molar-refractivity contribution in [3.63, 3.8) is 0 Å². The van der Waals surface area contributed by atoms with Gasteiger partial charge in [-0.15, -0.1) is 0 Å². The first kappa shape index (κ1) is 13.3. The largest absolute Gasteiger partial charge is 0.357 e. The molecule has 0 unspecified atom stereocenters. The Balaban J connectivity index is 1.57. The van der Waals surface area contributed by atoms with Gasteiger partial charge in [-0.2, -0.15) is 10.2 Å². The van der Waals surface area contributed by atoms with Crippen LogP contribution in [0.5, 0.6) is 0 Å². The quantitative estimate of drug-likeness (QED) is 0.866. The molecule has 2 aliphatic rings. The number of nitriles is 1. The molecule has 2 aromatic heterocycles. The Morgan fingerprint density at radius 3 is 2.59 bits per heavy atom. The van der Waals surface area contributed by atoms with Crippen molar-refractivity contribution in [3.05, 3.63) is 24.2 Å². The minimum Gasteiger partial charge on any atom is -0.357 e. The van der Waals surface area contributed by atoms with E-state index in [2.05, 4.69) is 26.1 Å². The molecule has 0 N–H and O–H groups in total. The first-order chi connectivity index (χ1) is 10.8. The van der Waals surface area contributed by atoms with Gasteiger partial charge in [0.1, 0.15) is 11.2 Å². The number of hydrogen-bond donors (Lipinski definition) is 0. The van der Waals surface area contributed by atoms with Crippen molar-refractivity contribution in [1.29, 1.82) is 5.26 Å². The average molecular weight is 295 g/mol. The SMILES string of the molecule is N#CC1(c2nc(-c3ccc(N4CCCC4)nc3)no2)CCC1. The maximum absolute atomic E-state index is 9.33. The number of rotatable bonds is 3. The van der Waals surface area contributed by atoms with E-state index in [0.717, 1.165) is 43.7 Å². The first-order valence-corrected chi connectivity index (χ1v) is 7.78. The number of hydrogen-bond acceptors (Lipinski definition) is 6. The van der Waals surface area contributed by atoms with Crippen LogP contribution < -0.4 is 4.90 Å². The molecule has 6 nitrogen and oxygen atoms in total. The van der Waals surface area contributed by atoms with Crippen molar-refractivity contribution < 1.29 is 4.52 Å². The van der Waals surface area contributed by atoms with E-state index < -0.39 is 5.41 Å². The predicted molar refractivity (Wildman–Crippen MR) is 80.1 cm³/mol. The Morgan fingerprint density at radius 1 is 1.18 bits per heavy atom. The van der Waals surface area contributed by atoms with Crippen LogP contribution in [0.4, 0.5) is 5.82 Å². The molecule has 0 spiro atoms. The summed E-state index contributed by atoms with van der Waals surface area (Å²) in [5, 5.41) is 13.4. The van der Waals surface area contributed by atoms with Crippen molar-refractivity contribution >= 4 is 5.82 Å². The van der Waals surface area contributed by atoms with Gasteiger partial charge in [-0.25, -0.2) is 4.98 Å². The summed E-state index contributed by atoms with van der Waals surface area (Å²) in [4.78, 5) is 11.2. The van der Waals surface area contributed by atoms with Crippen LogP contribution in [0.25, 0.3) is 11.4 Å². The van der Waals surface area contributed by atoms with E-state index in [4.69, 9.17) is 4.52 Å². The summed E-state index contributed by atoms with van der Waals surface area (Å²) in [6.45, 7) is 2.15. The van der Waals surface area contributed by atoms with Crippen LogP contribution in [0.3, 0.4) is 0 Å². The minimum atomic E-state index is -0.561. The van der Waals surface area contributed by atoms with E-state index in [1.54, 1.807) is 6.20 Å². The molecule has 112 valence electrons. The summed E-state index contributed by atoms with van der Waals surface area (Å²) in [6, 6.07) is 6.29. The molecule has 1 saturated heterocycles. The zero-order valence-electron chi connectivity index (χ0n) is 12.3. The third-order valence-corrected chi connectivity index (χ3v) is 4.69. The van der Waals surface area contributed by atoms with Gasteiger partial charge in [0.25, 0.3) is 0 Å². The Bertz CT molecular complexity index is 705. The van der Waals surface area contributed by atoms with Gasteiger partial charge in [-0.1, -0.05) is 5.16 Å². The lowest BCUT2D eigenvalue weighted by Crippen LogP contribution is -2.32. The maximum Gasteiger partial charge on any atom is 0.247 e. The zero-order chi connectivity index (χ0) is 15.0. The molecule has 6 heteroatoms. The van der Waals surface area contributed by atoms with Crippen LogP contribution in [-0.4, -0.2) is 28.2 Å². The Hall–Kier alpha value is -2.42. The number of anilines is 1. The monoisotopic (exact) mass is 295 g/mol. The smallest absolute Gasteiger partial charge is 0.247 e. The number of nitrogens with zero attached hydrogens (tertiary/aromatic N) is 5. The van der Waals surface area contributed by atoms with E-state index in [9.17, 15) is 5.26 Å². The molecule has 1 saturated carbocycles. The Labute approximate surface area is 128 Å². The molecule has 1 aliphatic heterocycles. The van der Waals surface area contributed by atoms with Crippen molar-refractivity contribution in [2.45, 2.75) is 37.5 Å². The summed E-state index contributed by atoms with van der Waals surface area (Å²) in [6.07, 6.45) is 6.88. The molecule has 0 radical (unpaired) electrons. The zero-order valence-corrected chi connectivity index (χ0v) is 12.3. The summed E-state index contributed by atoms with van der Waals surface area (Å²) in [5.41, 5.74) is 0.263. The normalized spacial score (nSPS) is 19.7. The fraction of sp³-hybridized carbons (Fsp3) is 0.500. The van der Waals surface area contributed by atoms with Crippen molar-refractivity contribution in [3.8, 4) is 17.5 Å². The molecular weight excluding hydrogens is 278 g/mol. The van der Waals surface area contributed by atoms with Crippen LogP contribution in [0, 0.1) is 11.3 Å². The van der Waals surface area contributed by atoms with Gasteiger partial charge in [0, 0.05) is 24.8 Å². The van der Waals surface area contributed by atoms with E-state index >= 15 is 0 Å². The standard InChI is InChI=1S/C16H17N5O/c17-11-16(6-3-7-16)15-19-14(20-22-15)12-4-5-13(18-10-12)21-8-1-2-9-21/h4-5,10H,1-3,6-9H2. The molecular formula is C16H17N5O. The van der Waals surface area contributed by atoms with Gasteiger partial charge in [0.2, 0.25) is 11.7 Å². The number of aromatic nitrogens is 3. The summed E-state index contributed by atoms with van der Waals surface area (Å²) in [7, 11) is 0. The second-order valence-electron chi connectivity index (χ2n) is 6.07. The second kappa shape index (κ2) is 5.09. The molecule has 22 heavy (non-hydrogen) atoms. The average Bonchev–Trinajstić information content (AvgIpc) is 3.19. The highest BCUT2D eigenvalue weighted by Gasteiger charge is 2.44. The molecule has 0 amide bonds. The lowest BCUT2D eigenvalue weighted by atomic mass is 9.70. The van der Waals surface area contributed by atoms with Crippen LogP contribution in [0.1, 0.15) is 38.0 Å². The molecule has 3 heterocycles. The third-order valence-electron chi connectivity index (χ3n) is 4.69. The molecule has 4 rings (SSSR count). The van der Waals surface area contributed by atoms with Crippen molar-refractivity contribution in [2.75, 3.05) is 18.0 Å². The Morgan fingerprint density at radius 2 is 2.00 bits per heavy atom. The van der Waals surface area contributed by atoms with Crippen LogP contribution in [0.2, 0.25) is 0 Å². The summed E-state index contributed by atoms with van der Waals surface area (Å²) in [5.74, 6) is 1.95. The highest BCUT2D eigenvalue weighted by atomic mass is 16.5. The summed E-state index contributed by atoms with van der Waals surface area (Å²) >= 11 is 0. The van der Waals surface area contributed by atoms with E-state index in [0.29, 0.717) is 11.7 Å². The number of pyridine rings is 1. The van der Waals surface area contributed by atoms with Gasteiger partial charge < -0.3 is 9.42 Å². The van der Waals surface area contributed by atoms with Gasteiger partial charge in [-0.3, -0.25) is 0 Å². The van der Waals surface area contributed by atoms with Gasteiger partial charge >= 0.3 is 0 Å². The van der Waals surface area contributed by atoms with Gasteiger partial charge in [0.05, 0.1) is 6.07 Å². The molecule has 2 aromatic rings. The topological polar surface area (TPSA) is 78.8 Å². The summed E-state index contributed by atoms with van der Waals surface area (Å²) < 4.78 is 5.33. The third kappa shape index (κ3) is 2.05. The highest BCUT2D eigenvalue weighted by Crippen LogP contribution is 2.42. The fourth-order valence-corrected chi connectivity index (χ4v) is 3.09.